The van der Waals surface area contributed by atoms with Gasteiger partial charge in [-0.2, -0.15) is 0 Å². The molecule has 0 aromatic carbocycles. The van der Waals surface area contributed by atoms with Crippen LogP contribution in [0.25, 0.3) is 0 Å². The monoisotopic (exact) mass is 170 g/mol. The van der Waals surface area contributed by atoms with Crippen molar-refractivity contribution < 1.29 is 0 Å². The van der Waals surface area contributed by atoms with Crippen LogP contribution in [0.15, 0.2) is 0 Å². The van der Waals surface area contributed by atoms with Crippen LogP contribution in [0.1, 0.15) is 51.9 Å². The first-order chi connectivity index (χ1) is 5.91. The molecule has 0 aromatic rings. The number of hydrogen-bond acceptors (Lipinski definition) is 1. The maximum Gasteiger partial charge on any atom is -0.00484 e. The molecule has 0 aliphatic rings. The Morgan fingerprint density at radius 2 is 1.50 bits per heavy atom. The highest BCUT2D eigenvalue weighted by atomic mass is 14.8. The Balaban J connectivity index is 2.73. The minimum absolute atomic E-state index is 0.871. The van der Waals surface area contributed by atoms with E-state index in [2.05, 4.69) is 19.2 Å². The molecule has 0 saturated heterocycles. The molecule has 1 nitrogen and oxygen atoms in total. The van der Waals surface area contributed by atoms with Gasteiger partial charge in [0.05, 0.1) is 0 Å². The third kappa shape index (κ3) is 9.96. The van der Waals surface area contributed by atoms with Crippen molar-refractivity contribution in [3.8, 4) is 0 Å². The van der Waals surface area contributed by atoms with Crippen LogP contribution in [0.3, 0.4) is 0 Å². The van der Waals surface area contributed by atoms with Crippen LogP contribution in [0.2, 0.25) is 0 Å². The van der Waals surface area contributed by atoms with Gasteiger partial charge in [-0.05, 0) is 26.4 Å². The predicted octanol–water partition coefficient (Wildman–Crippen LogP) is 3.16. The van der Waals surface area contributed by atoms with Gasteiger partial charge in [0.25, 0.3) is 0 Å². The molecule has 0 heterocycles. The van der Waals surface area contributed by atoms with Crippen molar-refractivity contribution >= 4 is 0 Å². The van der Waals surface area contributed by atoms with Crippen LogP contribution < -0.4 is 5.32 Å². The molecule has 0 aliphatic heterocycles. The van der Waals surface area contributed by atoms with Crippen molar-refractivity contribution in [2.24, 2.45) is 0 Å². The number of rotatable bonds is 9. The van der Waals surface area contributed by atoms with Gasteiger partial charge in [0.2, 0.25) is 0 Å². The molecule has 0 aliphatic carbocycles. The average molecular weight is 170 g/mol. The quantitative estimate of drug-likeness (QED) is 0.524. The zero-order chi connectivity index (χ0) is 9.07. The SMILES string of the molecule is [CH2]CNCCCCCCCCC. The zero-order valence-electron chi connectivity index (χ0n) is 8.57. The normalized spacial score (nSPS) is 10.5. The van der Waals surface area contributed by atoms with E-state index < -0.39 is 0 Å². The Morgan fingerprint density at radius 1 is 0.917 bits per heavy atom. The highest BCUT2D eigenvalue weighted by Gasteiger charge is 1.89. The summed E-state index contributed by atoms with van der Waals surface area (Å²) in [7, 11) is 0. The summed E-state index contributed by atoms with van der Waals surface area (Å²) in [5, 5.41) is 3.24. The second-order valence-electron chi connectivity index (χ2n) is 3.37. The molecule has 1 radical (unpaired) electrons. The molecule has 0 rings (SSSR count). The van der Waals surface area contributed by atoms with E-state index in [-0.39, 0.29) is 0 Å². The molecule has 0 bridgehead atoms. The largest absolute Gasteiger partial charge is 0.317 e. The fraction of sp³-hybridized carbons (Fsp3) is 0.909. The molecule has 0 amide bonds. The van der Waals surface area contributed by atoms with Gasteiger partial charge in [-0.25, -0.2) is 0 Å². The summed E-state index contributed by atoms with van der Waals surface area (Å²) in [4.78, 5) is 0. The molecule has 1 heteroatoms. The van der Waals surface area contributed by atoms with E-state index in [0.717, 1.165) is 13.1 Å². The zero-order valence-corrected chi connectivity index (χ0v) is 8.57. The molecule has 0 spiro atoms. The summed E-state index contributed by atoms with van der Waals surface area (Å²) < 4.78 is 0. The Labute approximate surface area is 77.9 Å². The first-order valence-corrected chi connectivity index (χ1v) is 5.41. The highest BCUT2D eigenvalue weighted by Crippen LogP contribution is 2.05. The lowest BCUT2D eigenvalue weighted by atomic mass is 10.1. The smallest absolute Gasteiger partial charge is 0.00484 e. The molecular formula is C11H24N. The second-order valence-corrected chi connectivity index (χ2v) is 3.37. The van der Waals surface area contributed by atoms with Crippen molar-refractivity contribution in [1.82, 2.24) is 5.32 Å². The summed E-state index contributed by atoms with van der Waals surface area (Å²) in [6, 6.07) is 0. The molecule has 0 unspecified atom stereocenters. The molecule has 0 saturated carbocycles. The third-order valence-corrected chi connectivity index (χ3v) is 2.13. The van der Waals surface area contributed by atoms with Crippen molar-refractivity contribution in [3.63, 3.8) is 0 Å². The van der Waals surface area contributed by atoms with Gasteiger partial charge >= 0.3 is 0 Å². The Morgan fingerprint density at radius 3 is 2.08 bits per heavy atom. The Hall–Kier alpha value is -0.0400. The van der Waals surface area contributed by atoms with Crippen LogP contribution in [-0.2, 0) is 0 Å². The van der Waals surface area contributed by atoms with Crippen molar-refractivity contribution in [2.75, 3.05) is 13.1 Å². The number of hydrogen-bond donors (Lipinski definition) is 1. The summed E-state index contributed by atoms with van der Waals surface area (Å²) in [5.41, 5.74) is 0. The minimum Gasteiger partial charge on any atom is -0.317 e. The van der Waals surface area contributed by atoms with Crippen LogP contribution in [0.5, 0.6) is 0 Å². The van der Waals surface area contributed by atoms with Gasteiger partial charge in [0.15, 0.2) is 0 Å². The molecule has 1 N–H and O–H groups in total. The molecule has 0 fully saturated rings. The van der Waals surface area contributed by atoms with E-state index in [1.54, 1.807) is 0 Å². The second kappa shape index (κ2) is 11.0. The van der Waals surface area contributed by atoms with Crippen molar-refractivity contribution in [1.29, 1.82) is 0 Å². The van der Waals surface area contributed by atoms with Crippen LogP contribution in [-0.4, -0.2) is 13.1 Å². The molecule has 0 atom stereocenters. The lowest BCUT2D eigenvalue weighted by Crippen LogP contribution is -2.13. The van der Waals surface area contributed by atoms with E-state index in [4.69, 9.17) is 0 Å². The predicted molar refractivity (Wildman–Crippen MR) is 56.2 cm³/mol. The number of nitrogens with one attached hydrogen (secondary N) is 1. The standard InChI is InChI=1S/C11H24N/c1-3-5-6-7-8-9-10-11-12-4-2/h12H,2-11H2,1H3. The van der Waals surface area contributed by atoms with Gasteiger partial charge in [0, 0.05) is 0 Å². The molecular weight excluding hydrogens is 146 g/mol. The maximum atomic E-state index is 3.73. The van der Waals surface area contributed by atoms with E-state index in [0.29, 0.717) is 0 Å². The first-order valence-electron chi connectivity index (χ1n) is 5.41. The molecule has 12 heavy (non-hydrogen) atoms. The van der Waals surface area contributed by atoms with E-state index in [9.17, 15) is 0 Å². The van der Waals surface area contributed by atoms with Crippen molar-refractivity contribution in [3.05, 3.63) is 6.92 Å². The molecule has 73 valence electrons. The fourth-order valence-corrected chi connectivity index (χ4v) is 1.33. The summed E-state index contributed by atoms with van der Waals surface area (Å²) in [5.74, 6) is 0. The lowest BCUT2D eigenvalue weighted by Gasteiger charge is -2.01. The Kier molecular flexibility index (Phi) is 10.9. The van der Waals surface area contributed by atoms with Crippen molar-refractivity contribution in [2.45, 2.75) is 51.9 Å². The van der Waals surface area contributed by atoms with Gasteiger partial charge in [-0.3, -0.25) is 0 Å². The molecule has 0 aromatic heterocycles. The van der Waals surface area contributed by atoms with E-state index >= 15 is 0 Å². The van der Waals surface area contributed by atoms with Gasteiger partial charge < -0.3 is 5.32 Å². The van der Waals surface area contributed by atoms with E-state index in [1.807, 2.05) is 0 Å². The van der Waals surface area contributed by atoms with Gasteiger partial charge in [0.1, 0.15) is 0 Å². The van der Waals surface area contributed by atoms with Crippen LogP contribution in [0.4, 0.5) is 0 Å². The first kappa shape index (κ1) is 12.0. The highest BCUT2D eigenvalue weighted by molar-refractivity contribution is 4.50. The fourth-order valence-electron chi connectivity index (χ4n) is 1.33. The maximum absolute atomic E-state index is 3.73. The summed E-state index contributed by atoms with van der Waals surface area (Å²) >= 11 is 0. The summed E-state index contributed by atoms with van der Waals surface area (Å²) in [6.45, 7) is 8.02. The minimum atomic E-state index is 0.871. The van der Waals surface area contributed by atoms with E-state index in [1.165, 1.54) is 44.9 Å². The van der Waals surface area contributed by atoms with Gasteiger partial charge in [-0.15, -0.1) is 0 Å². The summed E-state index contributed by atoms with van der Waals surface area (Å²) in [6.07, 6.45) is 9.74. The topological polar surface area (TPSA) is 12.0 Å². The third-order valence-electron chi connectivity index (χ3n) is 2.13. The van der Waals surface area contributed by atoms with Crippen LogP contribution >= 0.6 is 0 Å². The number of unbranched alkanes of at least 4 members (excludes halogenated alkanes) is 6. The van der Waals surface area contributed by atoms with Gasteiger partial charge in [-0.1, -0.05) is 45.4 Å². The Bertz CT molecular complexity index is 61.4. The lowest BCUT2D eigenvalue weighted by molar-refractivity contribution is 0.572. The van der Waals surface area contributed by atoms with Crippen LogP contribution in [0, 0.1) is 6.92 Å². The average Bonchev–Trinajstić information content (AvgIpc) is 2.10.